The van der Waals surface area contributed by atoms with Gasteiger partial charge in [-0.3, -0.25) is 15.0 Å². The van der Waals surface area contributed by atoms with E-state index in [9.17, 15) is 14.4 Å². The number of benzene rings is 1. The molecular formula is C18H26N4O4. The lowest BCUT2D eigenvalue weighted by molar-refractivity contribution is -0.120. The highest BCUT2D eigenvalue weighted by Crippen LogP contribution is 2.20. The Morgan fingerprint density at radius 2 is 1.88 bits per heavy atom. The number of esters is 1. The predicted molar refractivity (Wildman–Crippen MR) is 98.2 cm³/mol. The van der Waals surface area contributed by atoms with E-state index >= 15 is 0 Å². The van der Waals surface area contributed by atoms with Gasteiger partial charge in [-0.2, -0.15) is 0 Å². The molecule has 1 saturated heterocycles. The number of rotatable bonds is 5. The van der Waals surface area contributed by atoms with E-state index in [4.69, 9.17) is 4.74 Å². The topological polar surface area (TPSA) is 91.0 Å². The van der Waals surface area contributed by atoms with Crippen LogP contribution in [0.1, 0.15) is 23.7 Å². The Morgan fingerprint density at radius 3 is 2.46 bits per heavy atom. The summed E-state index contributed by atoms with van der Waals surface area (Å²) in [6.07, 6.45) is 0.283. The fourth-order valence-corrected chi connectivity index (χ4v) is 2.98. The molecule has 1 aromatic carbocycles. The highest BCUT2D eigenvalue weighted by molar-refractivity contribution is 5.94. The Morgan fingerprint density at radius 1 is 1.19 bits per heavy atom. The quantitative estimate of drug-likeness (QED) is 0.754. The molecule has 1 unspecified atom stereocenters. The van der Waals surface area contributed by atoms with Gasteiger partial charge in [-0.05, 0) is 31.2 Å². The Hall–Kier alpha value is -2.61. The molecule has 1 aliphatic rings. The van der Waals surface area contributed by atoms with Gasteiger partial charge in [0.05, 0.1) is 12.7 Å². The molecule has 0 saturated carbocycles. The third-order valence-corrected chi connectivity index (χ3v) is 4.52. The highest BCUT2D eigenvalue weighted by atomic mass is 16.5. The monoisotopic (exact) mass is 362 g/mol. The number of amides is 3. The molecule has 1 aliphatic heterocycles. The van der Waals surface area contributed by atoms with Crippen molar-refractivity contribution in [1.29, 1.82) is 0 Å². The minimum atomic E-state index is -0.483. The fraction of sp³-hybridized carbons (Fsp3) is 0.500. The molecule has 0 aliphatic carbocycles. The minimum absolute atomic E-state index is 0.275. The number of imide groups is 1. The summed E-state index contributed by atoms with van der Waals surface area (Å²) in [5.41, 5.74) is 1.59. The lowest BCUT2D eigenvalue weighted by Crippen LogP contribution is -2.52. The van der Waals surface area contributed by atoms with Crippen LogP contribution >= 0.6 is 0 Å². The predicted octanol–water partition coefficient (Wildman–Crippen LogP) is 0.829. The van der Waals surface area contributed by atoms with E-state index in [2.05, 4.69) is 27.4 Å². The summed E-state index contributed by atoms with van der Waals surface area (Å²) in [4.78, 5) is 38.8. The molecule has 1 aromatic rings. The molecule has 26 heavy (non-hydrogen) atoms. The maximum atomic E-state index is 11.7. The number of methoxy groups -OCH3 is 1. The van der Waals surface area contributed by atoms with Crippen LogP contribution in [-0.2, 0) is 9.53 Å². The molecule has 8 heteroatoms. The number of nitrogens with zero attached hydrogens (tertiary/aromatic N) is 2. The van der Waals surface area contributed by atoms with Crippen LogP contribution < -0.4 is 15.5 Å². The molecular weight excluding hydrogens is 336 g/mol. The van der Waals surface area contributed by atoms with Crippen LogP contribution in [0.2, 0.25) is 0 Å². The molecule has 1 atom stereocenters. The van der Waals surface area contributed by atoms with Gasteiger partial charge < -0.3 is 15.0 Å². The lowest BCUT2D eigenvalue weighted by Gasteiger charge is -2.41. The van der Waals surface area contributed by atoms with Gasteiger partial charge in [0.25, 0.3) is 0 Å². The number of anilines is 1. The summed E-state index contributed by atoms with van der Waals surface area (Å²) < 4.78 is 4.71. The standard InChI is InChI=1S/C18H26N4O4/c1-13-12-22(15-6-4-14(5-7-15)17(24)26-3)11-10-21(13)9-8-16(23)20-18(25)19-2/h4-7,13H,8-12H2,1-3H3,(H2,19,20,23,25). The second kappa shape index (κ2) is 9.19. The van der Waals surface area contributed by atoms with E-state index in [1.807, 2.05) is 12.1 Å². The number of carbonyl (C=O) groups excluding carboxylic acids is 3. The Bertz CT molecular complexity index is 647. The van der Waals surface area contributed by atoms with E-state index in [1.54, 1.807) is 12.1 Å². The number of piperazine rings is 1. The maximum Gasteiger partial charge on any atom is 0.337 e. The van der Waals surface area contributed by atoms with Gasteiger partial charge in [-0.1, -0.05) is 0 Å². The van der Waals surface area contributed by atoms with Crippen LogP contribution in [-0.4, -0.2) is 69.2 Å². The fourth-order valence-electron chi connectivity index (χ4n) is 2.98. The smallest absolute Gasteiger partial charge is 0.337 e. The van der Waals surface area contributed by atoms with Gasteiger partial charge >= 0.3 is 12.0 Å². The van der Waals surface area contributed by atoms with Gasteiger partial charge in [0, 0.05) is 51.4 Å². The van der Waals surface area contributed by atoms with Gasteiger partial charge in [0.1, 0.15) is 0 Å². The van der Waals surface area contributed by atoms with Crippen molar-refractivity contribution in [3.8, 4) is 0 Å². The zero-order chi connectivity index (χ0) is 19.1. The SMILES string of the molecule is CNC(=O)NC(=O)CCN1CCN(c2ccc(C(=O)OC)cc2)CC1C. The lowest BCUT2D eigenvalue weighted by atomic mass is 10.1. The summed E-state index contributed by atoms with van der Waals surface area (Å²) in [7, 11) is 2.84. The van der Waals surface area contributed by atoms with Gasteiger partial charge in [0.2, 0.25) is 5.91 Å². The van der Waals surface area contributed by atoms with Crippen molar-refractivity contribution in [2.24, 2.45) is 0 Å². The van der Waals surface area contributed by atoms with E-state index in [0.29, 0.717) is 12.1 Å². The molecule has 0 aromatic heterocycles. The minimum Gasteiger partial charge on any atom is -0.465 e. The molecule has 0 bridgehead atoms. The molecule has 1 fully saturated rings. The molecule has 8 nitrogen and oxygen atoms in total. The number of nitrogens with one attached hydrogen (secondary N) is 2. The number of ether oxygens (including phenoxy) is 1. The van der Waals surface area contributed by atoms with Crippen LogP contribution in [0.15, 0.2) is 24.3 Å². The van der Waals surface area contributed by atoms with Crippen LogP contribution in [0, 0.1) is 0 Å². The third-order valence-electron chi connectivity index (χ3n) is 4.52. The number of hydrogen-bond acceptors (Lipinski definition) is 6. The van der Waals surface area contributed by atoms with Crippen LogP contribution in [0.4, 0.5) is 10.5 Å². The van der Waals surface area contributed by atoms with E-state index in [-0.39, 0.29) is 24.3 Å². The molecule has 2 rings (SSSR count). The third kappa shape index (κ3) is 5.19. The summed E-state index contributed by atoms with van der Waals surface area (Å²) in [6.45, 7) is 5.21. The Balaban J connectivity index is 1.85. The highest BCUT2D eigenvalue weighted by Gasteiger charge is 2.24. The zero-order valence-electron chi connectivity index (χ0n) is 15.4. The summed E-state index contributed by atoms with van der Waals surface area (Å²) in [5.74, 6) is -0.623. The van der Waals surface area contributed by atoms with Crippen LogP contribution in [0.5, 0.6) is 0 Å². The zero-order valence-corrected chi connectivity index (χ0v) is 15.4. The molecule has 2 N–H and O–H groups in total. The molecule has 3 amide bonds. The van der Waals surface area contributed by atoms with Gasteiger partial charge in [-0.15, -0.1) is 0 Å². The first-order valence-corrected chi connectivity index (χ1v) is 8.63. The van der Waals surface area contributed by atoms with Crippen LogP contribution in [0.3, 0.4) is 0 Å². The Kier molecular flexibility index (Phi) is 6.97. The van der Waals surface area contributed by atoms with Crippen molar-refractivity contribution >= 4 is 23.6 Å². The molecule has 0 spiro atoms. The first-order chi connectivity index (χ1) is 12.4. The van der Waals surface area contributed by atoms with Gasteiger partial charge in [0.15, 0.2) is 0 Å². The summed E-state index contributed by atoms with van der Waals surface area (Å²) in [5, 5.41) is 4.64. The largest absolute Gasteiger partial charge is 0.465 e. The molecule has 1 heterocycles. The van der Waals surface area contributed by atoms with Crippen molar-refractivity contribution in [1.82, 2.24) is 15.5 Å². The first-order valence-electron chi connectivity index (χ1n) is 8.63. The number of carbonyl (C=O) groups is 3. The molecule has 142 valence electrons. The summed E-state index contributed by atoms with van der Waals surface area (Å²) >= 11 is 0. The molecule has 0 radical (unpaired) electrons. The van der Waals surface area contributed by atoms with Crippen LogP contribution in [0.25, 0.3) is 0 Å². The van der Waals surface area contributed by atoms with Crippen molar-refractivity contribution in [3.63, 3.8) is 0 Å². The van der Waals surface area contributed by atoms with Crippen molar-refractivity contribution in [2.45, 2.75) is 19.4 Å². The first kappa shape index (κ1) is 19.7. The van der Waals surface area contributed by atoms with Crippen molar-refractivity contribution in [2.75, 3.05) is 45.2 Å². The summed E-state index contributed by atoms with van der Waals surface area (Å²) in [6, 6.07) is 7.17. The van der Waals surface area contributed by atoms with E-state index < -0.39 is 6.03 Å². The second-order valence-electron chi connectivity index (χ2n) is 6.25. The van der Waals surface area contributed by atoms with Gasteiger partial charge in [-0.25, -0.2) is 9.59 Å². The number of urea groups is 1. The van der Waals surface area contributed by atoms with E-state index in [0.717, 1.165) is 25.3 Å². The average molecular weight is 362 g/mol. The van der Waals surface area contributed by atoms with Crippen molar-refractivity contribution in [3.05, 3.63) is 29.8 Å². The van der Waals surface area contributed by atoms with E-state index in [1.165, 1.54) is 14.2 Å². The normalized spacial score (nSPS) is 17.5. The van der Waals surface area contributed by atoms with Crippen molar-refractivity contribution < 1.29 is 19.1 Å². The Labute approximate surface area is 153 Å². The number of hydrogen-bond donors (Lipinski definition) is 2. The second-order valence-corrected chi connectivity index (χ2v) is 6.25. The average Bonchev–Trinajstić information content (AvgIpc) is 2.66. The maximum absolute atomic E-state index is 11.7.